The van der Waals surface area contributed by atoms with Crippen LogP contribution >= 0.6 is 0 Å². The molecular weight excluding hydrogens is 248 g/mol. The van der Waals surface area contributed by atoms with Gasteiger partial charge in [0.2, 0.25) is 0 Å². The molecule has 1 unspecified atom stereocenters. The molecule has 0 rings (SSSR count). The number of aliphatic hydroxyl groups excluding tert-OH is 1. The average molecular weight is 258 g/mol. The van der Waals surface area contributed by atoms with Gasteiger partial charge in [-0.05, 0) is 13.3 Å². The normalized spacial score (nSPS) is 12.5. The molecule has 0 aliphatic heterocycles. The van der Waals surface area contributed by atoms with E-state index in [1.54, 1.807) is 6.92 Å². The van der Waals surface area contributed by atoms with E-state index in [-0.39, 0.29) is 27.2 Å². The molecule has 0 bridgehead atoms. The predicted octanol–water partition coefficient (Wildman–Crippen LogP) is 0.775. The van der Waals surface area contributed by atoms with Crippen LogP contribution in [0.2, 0.25) is 0 Å². The van der Waals surface area contributed by atoms with Gasteiger partial charge in [0.25, 0.3) is 0 Å². The smallest absolute Gasteiger partial charge is 0.0509 e. The molecule has 38 valence electrons. The molecule has 0 aromatic carbocycles. The van der Waals surface area contributed by atoms with Crippen molar-refractivity contribution in [3.8, 4) is 0 Å². The average Bonchev–Trinajstić information content (AvgIpc) is 1.38. The van der Waals surface area contributed by atoms with Gasteiger partial charge in [-0.25, -0.2) is 0 Å². The van der Waals surface area contributed by atoms with Gasteiger partial charge in [-0.2, -0.15) is 0 Å². The quantitative estimate of drug-likeness (QED) is 0.736. The van der Waals surface area contributed by atoms with E-state index in [2.05, 4.69) is 0 Å². The standard InChI is InChI=1S/C4H10O.W/c1-3-4(2)5;/h4-5H,3H2,1-2H3;. The molecule has 6 heavy (non-hydrogen) atoms. The van der Waals surface area contributed by atoms with Crippen LogP contribution < -0.4 is 0 Å². The van der Waals surface area contributed by atoms with Crippen LogP contribution in [0.5, 0.6) is 0 Å². The summed E-state index contributed by atoms with van der Waals surface area (Å²) >= 11 is 0. The SMILES string of the molecule is CCC(C)O.[W]. The minimum Gasteiger partial charge on any atom is -0.393 e. The Bertz CT molecular complexity index is 21.5. The third-order valence-electron chi connectivity index (χ3n) is 0.591. The first-order chi connectivity index (χ1) is 2.27. The van der Waals surface area contributed by atoms with Crippen LogP contribution in [0, 0.1) is 0 Å². The van der Waals surface area contributed by atoms with E-state index >= 15 is 0 Å². The number of hydrogen-bond donors (Lipinski definition) is 1. The Balaban J connectivity index is 0. The van der Waals surface area contributed by atoms with Crippen molar-refractivity contribution in [2.45, 2.75) is 26.4 Å². The minimum atomic E-state index is -0.116. The molecule has 0 amide bonds. The summed E-state index contributed by atoms with van der Waals surface area (Å²) < 4.78 is 0. The maximum atomic E-state index is 8.36. The van der Waals surface area contributed by atoms with Crippen LogP contribution in [-0.2, 0) is 21.1 Å². The van der Waals surface area contributed by atoms with Crippen molar-refractivity contribution in [1.82, 2.24) is 0 Å². The van der Waals surface area contributed by atoms with Crippen molar-refractivity contribution in [3.63, 3.8) is 0 Å². The molecule has 0 saturated carbocycles. The zero-order valence-corrected chi connectivity index (χ0v) is 7.07. The number of rotatable bonds is 1. The summed E-state index contributed by atoms with van der Waals surface area (Å²) in [5, 5.41) is 8.36. The maximum Gasteiger partial charge on any atom is 0.0509 e. The Kier molecular flexibility index (Phi) is 9.24. The molecule has 0 radical (unpaired) electrons. The Morgan fingerprint density at radius 2 is 1.83 bits per heavy atom. The summed E-state index contributed by atoms with van der Waals surface area (Å²) in [4.78, 5) is 0. The van der Waals surface area contributed by atoms with Crippen molar-refractivity contribution >= 4 is 0 Å². The van der Waals surface area contributed by atoms with Gasteiger partial charge < -0.3 is 5.11 Å². The molecule has 0 fully saturated rings. The van der Waals surface area contributed by atoms with E-state index in [1.807, 2.05) is 6.92 Å². The maximum absolute atomic E-state index is 8.36. The zero-order chi connectivity index (χ0) is 4.28. The monoisotopic (exact) mass is 258 g/mol. The second-order valence-corrected chi connectivity index (χ2v) is 1.26. The van der Waals surface area contributed by atoms with Crippen molar-refractivity contribution in [1.29, 1.82) is 0 Å². The first-order valence-corrected chi connectivity index (χ1v) is 1.95. The van der Waals surface area contributed by atoms with Gasteiger partial charge in [0, 0.05) is 21.1 Å². The fourth-order valence-electron chi connectivity index (χ4n) is 0. The van der Waals surface area contributed by atoms with E-state index in [4.69, 9.17) is 5.11 Å². The zero-order valence-electron chi connectivity index (χ0n) is 4.14. The Labute approximate surface area is 53.0 Å². The second kappa shape index (κ2) is 5.65. The summed E-state index contributed by atoms with van der Waals surface area (Å²) in [5.74, 6) is 0. The van der Waals surface area contributed by atoms with Gasteiger partial charge in [-0.1, -0.05) is 6.92 Å². The Hall–Kier alpha value is 0.648. The molecule has 0 aliphatic carbocycles. The Morgan fingerprint density at radius 1 is 1.67 bits per heavy atom. The largest absolute Gasteiger partial charge is 0.393 e. The van der Waals surface area contributed by atoms with E-state index in [0.717, 1.165) is 6.42 Å². The van der Waals surface area contributed by atoms with Crippen LogP contribution in [0.1, 0.15) is 20.3 Å². The van der Waals surface area contributed by atoms with Gasteiger partial charge in [-0.15, -0.1) is 0 Å². The topological polar surface area (TPSA) is 20.2 Å². The predicted molar refractivity (Wildman–Crippen MR) is 22.0 cm³/mol. The van der Waals surface area contributed by atoms with Gasteiger partial charge >= 0.3 is 0 Å². The summed E-state index contributed by atoms with van der Waals surface area (Å²) in [7, 11) is 0. The molecule has 0 spiro atoms. The van der Waals surface area contributed by atoms with Crippen molar-refractivity contribution < 1.29 is 26.2 Å². The van der Waals surface area contributed by atoms with Crippen LogP contribution in [0.15, 0.2) is 0 Å². The molecule has 0 aliphatic rings. The van der Waals surface area contributed by atoms with Gasteiger partial charge in [-0.3, -0.25) is 0 Å². The van der Waals surface area contributed by atoms with Gasteiger partial charge in [0.1, 0.15) is 0 Å². The number of aliphatic hydroxyl groups is 1. The first kappa shape index (κ1) is 9.82. The molecule has 0 aromatic heterocycles. The minimum absolute atomic E-state index is 0. The third kappa shape index (κ3) is 8.82. The Morgan fingerprint density at radius 3 is 1.83 bits per heavy atom. The van der Waals surface area contributed by atoms with E-state index in [0.29, 0.717) is 0 Å². The molecular formula is C4H10OW. The molecule has 2 heteroatoms. The van der Waals surface area contributed by atoms with Crippen LogP contribution in [0.25, 0.3) is 0 Å². The molecule has 1 atom stereocenters. The summed E-state index contributed by atoms with van der Waals surface area (Å²) in [6.07, 6.45) is 0.745. The molecule has 0 aromatic rings. The third-order valence-corrected chi connectivity index (χ3v) is 0.591. The van der Waals surface area contributed by atoms with Crippen LogP contribution in [0.3, 0.4) is 0 Å². The van der Waals surface area contributed by atoms with Crippen LogP contribution in [0.4, 0.5) is 0 Å². The van der Waals surface area contributed by atoms with Crippen LogP contribution in [-0.4, -0.2) is 11.2 Å². The molecule has 0 saturated heterocycles. The fourth-order valence-corrected chi connectivity index (χ4v) is 0. The van der Waals surface area contributed by atoms with Crippen molar-refractivity contribution in [3.05, 3.63) is 0 Å². The summed E-state index contributed by atoms with van der Waals surface area (Å²) in [6, 6.07) is 0. The van der Waals surface area contributed by atoms with E-state index < -0.39 is 0 Å². The molecule has 1 N–H and O–H groups in total. The summed E-state index contributed by atoms with van der Waals surface area (Å²) in [5.41, 5.74) is 0. The van der Waals surface area contributed by atoms with Gasteiger partial charge in [0.15, 0.2) is 0 Å². The fraction of sp³-hybridized carbons (Fsp3) is 1.00. The summed E-state index contributed by atoms with van der Waals surface area (Å²) in [6.45, 7) is 3.73. The van der Waals surface area contributed by atoms with Gasteiger partial charge in [0.05, 0.1) is 6.10 Å². The second-order valence-electron chi connectivity index (χ2n) is 1.26. The van der Waals surface area contributed by atoms with E-state index in [9.17, 15) is 0 Å². The van der Waals surface area contributed by atoms with E-state index in [1.165, 1.54) is 0 Å². The molecule has 1 nitrogen and oxygen atoms in total. The van der Waals surface area contributed by atoms with Crippen molar-refractivity contribution in [2.75, 3.05) is 0 Å². The van der Waals surface area contributed by atoms with Crippen molar-refractivity contribution in [2.24, 2.45) is 0 Å². The first-order valence-electron chi connectivity index (χ1n) is 1.95. The number of hydrogen-bond acceptors (Lipinski definition) is 1. The molecule has 0 heterocycles.